The Balaban J connectivity index is 2.02. The van der Waals surface area contributed by atoms with Crippen LogP contribution >= 0.6 is 11.3 Å². The van der Waals surface area contributed by atoms with E-state index in [0.717, 1.165) is 0 Å². The molecule has 0 saturated heterocycles. The number of phenols is 2. The number of phenolic OH excluding ortho intramolecular Hbond substituents is 2. The van der Waals surface area contributed by atoms with E-state index in [2.05, 4.69) is 5.32 Å². The monoisotopic (exact) mass is 337 g/mol. The number of hydrogen-bond acceptors (Lipinski definition) is 6. The number of esters is 1. The highest BCUT2D eigenvalue weighted by molar-refractivity contribution is 7.20. The summed E-state index contributed by atoms with van der Waals surface area (Å²) >= 11 is 1.20. The van der Waals surface area contributed by atoms with E-state index in [-0.39, 0.29) is 36.0 Å². The number of thiophene rings is 1. The van der Waals surface area contributed by atoms with Crippen molar-refractivity contribution < 1.29 is 24.5 Å². The van der Waals surface area contributed by atoms with Gasteiger partial charge in [-0.1, -0.05) is 6.92 Å². The topological polar surface area (TPSA) is 95.9 Å². The van der Waals surface area contributed by atoms with Gasteiger partial charge in [-0.25, -0.2) is 0 Å². The van der Waals surface area contributed by atoms with Crippen LogP contribution < -0.4 is 5.32 Å². The molecule has 0 aliphatic heterocycles. The van der Waals surface area contributed by atoms with Crippen LogP contribution in [0.5, 0.6) is 11.5 Å². The third-order valence-electron chi connectivity index (χ3n) is 3.16. The zero-order chi connectivity index (χ0) is 17.1. The highest BCUT2D eigenvalue weighted by Crippen LogP contribution is 2.34. The molecule has 1 unspecified atom stereocenters. The average molecular weight is 337 g/mol. The van der Waals surface area contributed by atoms with Crippen LogP contribution in [-0.2, 0) is 9.53 Å². The van der Waals surface area contributed by atoms with Gasteiger partial charge in [0.2, 0.25) is 0 Å². The van der Waals surface area contributed by atoms with Crippen molar-refractivity contribution >= 4 is 33.3 Å². The minimum atomic E-state index is -0.441. The summed E-state index contributed by atoms with van der Waals surface area (Å²) in [6.45, 7) is 5.40. The molecule has 6 nitrogen and oxygen atoms in total. The van der Waals surface area contributed by atoms with E-state index in [1.54, 1.807) is 26.8 Å². The molecule has 3 N–H and O–H groups in total. The van der Waals surface area contributed by atoms with E-state index in [9.17, 15) is 19.8 Å². The number of amides is 1. The number of fused-ring (bicyclic) bond motifs is 1. The van der Waals surface area contributed by atoms with Crippen LogP contribution in [0, 0.1) is 5.92 Å². The van der Waals surface area contributed by atoms with E-state index >= 15 is 0 Å². The van der Waals surface area contributed by atoms with Gasteiger partial charge in [0.1, 0.15) is 0 Å². The summed E-state index contributed by atoms with van der Waals surface area (Å²) in [5.74, 6) is -1.56. The molecule has 1 heterocycles. The lowest BCUT2D eigenvalue weighted by Crippen LogP contribution is -2.32. The zero-order valence-corrected chi connectivity index (χ0v) is 13.9. The number of rotatable bonds is 5. The standard InChI is InChI=1S/C16H19NO5S/c1-8(2)22-16(21)9(3)7-17-15(20)14-5-10-4-11(18)12(19)6-13(10)23-14/h4-6,8-9,18-19H,7H2,1-3H3,(H,17,20). The lowest BCUT2D eigenvalue weighted by atomic mass is 10.2. The first-order valence-corrected chi connectivity index (χ1v) is 8.03. The van der Waals surface area contributed by atoms with Gasteiger partial charge < -0.3 is 20.3 Å². The van der Waals surface area contributed by atoms with Gasteiger partial charge in [0, 0.05) is 17.3 Å². The first-order chi connectivity index (χ1) is 10.8. The first-order valence-electron chi connectivity index (χ1n) is 7.22. The third-order valence-corrected chi connectivity index (χ3v) is 4.26. The van der Waals surface area contributed by atoms with Crippen molar-refractivity contribution in [2.45, 2.75) is 26.9 Å². The minimum absolute atomic E-state index is 0.176. The third kappa shape index (κ3) is 4.13. The fourth-order valence-corrected chi connectivity index (χ4v) is 2.93. The maximum absolute atomic E-state index is 12.2. The molecule has 2 aromatic rings. The molecule has 1 aromatic heterocycles. The predicted molar refractivity (Wildman–Crippen MR) is 87.9 cm³/mol. The summed E-state index contributed by atoms with van der Waals surface area (Å²) in [4.78, 5) is 24.3. The van der Waals surface area contributed by atoms with Gasteiger partial charge in [0.05, 0.1) is 16.9 Å². The van der Waals surface area contributed by atoms with E-state index in [0.29, 0.717) is 15.0 Å². The van der Waals surface area contributed by atoms with Crippen molar-refractivity contribution in [2.75, 3.05) is 6.54 Å². The zero-order valence-electron chi connectivity index (χ0n) is 13.1. The van der Waals surface area contributed by atoms with Gasteiger partial charge in [-0.2, -0.15) is 0 Å². The molecule has 124 valence electrons. The highest BCUT2D eigenvalue weighted by atomic mass is 32.1. The van der Waals surface area contributed by atoms with E-state index in [1.165, 1.54) is 23.5 Å². The Labute approximate surface area is 137 Å². The lowest BCUT2D eigenvalue weighted by Gasteiger charge is -2.14. The number of carbonyl (C=O) groups excluding carboxylic acids is 2. The molecule has 23 heavy (non-hydrogen) atoms. The van der Waals surface area contributed by atoms with Gasteiger partial charge in [-0.15, -0.1) is 11.3 Å². The molecular weight excluding hydrogens is 318 g/mol. The summed E-state index contributed by atoms with van der Waals surface area (Å²) in [6, 6.07) is 4.45. The second-order valence-corrected chi connectivity index (χ2v) is 6.67. The quantitative estimate of drug-likeness (QED) is 0.576. The van der Waals surface area contributed by atoms with Crippen molar-refractivity contribution in [2.24, 2.45) is 5.92 Å². The molecule has 0 aliphatic rings. The minimum Gasteiger partial charge on any atom is -0.504 e. The van der Waals surface area contributed by atoms with Crippen LogP contribution in [0.15, 0.2) is 18.2 Å². The smallest absolute Gasteiger partial charge is 0.310 e. The number of aromatic hydroxyl groups is 2. The number of carbonyl (C=O) groups is 2. The fourth-order valence-electron chi connectivity index (χ4n) is 1.94. The normalized spacial score (nSPS) is 12.3. The molecule has 1 atom stereocenters. The number of hydrogen-bond donors (Lipinski definition) is 3. The summed E-state index contributed by atoms with van der Waals surface area (Å²) in [7, 11) is 0. The van der Waals surface area contributed by atoms with Gasteiger partial charge in [-0.05, 0) is 31.4 Å². The van der Waals surface area contributed by atoms with Crippen LogP contribution in [0.25, 0.3) is 10.1 Å². The molecule has 0 spiro atoms. The Hall–Kier alpha value is -2.28. The summed E-state index contributed by atoms with van der Waals surface area (Å²) in [5.41, 5.74) is 0. The maximum atomic E-state index is 12.2. The molecule has 0 bridgehead atoms. The Morgan fingerprint density at radius 1 is 1.17 bits per heavy atom. The Morgan fingerprint density at radius 2 is 1.83 bits per heavy atom. The molecule has 2 rings (SSSR count). The molecule has 0 fully saturated rings. The first kappa shape index (κ1) is 17.1. The number of nitrogens with one attached hydrogen (secondary N) is 1. The summed E-state index contributed by atoms with van der Waals surface area (Å²) in [6.07, 6.45) is -0.191. The lowest BCUT2D eigenvalue weighted by molar-refractivity contribution is -0.151. The molecule has 7 heteroatoms. The fraction of sp³-hybridized carbons (Fsp3) is 0.375. The highest BCUT2D eigenvalue weighted by Gasteiger charge is 2.18. The molecular formula is C16H19NO5S. The molecule has 0 aliphatic carbocycles. The number of benzene rings is 1. The van der Waals surface area contributed by atoms with Crippen LogP contribution in [0.3, 0.4) is 0 Å². The number of ether oxygens (including phenoxy) is 1. The van der Waals surface area contributed by atoms with Crippen LogP contribution in [0.4, 0.5) is 0 Å². The van der Waals surface area contributed by atoms with E-state index < -0.39 is 5.92 Å². The SMILES string of the molecule is CC(C)OC(=O)C(C)CNC(=O)c1cc2cc(O)c(O)cc2s1. The molecule has 0 radical (unpaired) electrons. The van der Waals surface area contributed by atoms with E-state index in [1.807, 2.05) is 0 Å². The Morgan fingerprint density at radius 3 is 2.48 bits per heavy atom. The maximum Gasteiger partial charge on any atom is 0.310 e. The Bertz CT molecular complexity index is 698. The average Bonchev–Trinajstić information content (AvgIpc) is 2.87. The van der Waals surface area contributed by atoms with Crippen LogP contribution in [-0.4, -0.2) is 34.7 Å². The van der Waals surface area contributed by atoms with Crippen molar-refractivity contribution in [3.05, 3.63) is 23.1 Å². The van der Waals surface area contributed by atoms with Gasteiger partial charge in [-0.3, -0.25) is 9.59 Å². The molecule has 1 amide bonds. The second-order valence-electron chi connectivity index (χ2n) is 5.59. The van der Waals surface area contributed by atoms with Crippen molar-refractivity contribution in [3.8, 4) is 11.5 Å². The molecule has 0 saturated carbocycles. The van der Waals surface area contributed by atoms with Crippen LogP contribution in [0.1, 0.15) is 30.4 Å². The largest absolute Gasteiger partial charge is 0.504 e. The van der Waals surface area contributed by atoms with Crippen molar-refractivity contribution in [1.82, 2.24) is 5.32 Å². The Kier molecular flexibility index (Phi) is 5.10. The van der Waals surface area contributed by atoms with Gasteiger partial charge >= 0.3 is 5.97 Å². The van der Waals surface area contributed by atoms with E-state index in [4.69, 9.17) is 4.74 Å². The predicted octanol–water partition coefficient (Wildman–Crippen LogP) is 2.63. The second kappa shape index (κ2) is 6.87. The van der Waals surface area contributed by atoms with Crippen LogP contribution in [0.2, 0.25) is 0 Å². The van der Waals surface area contributed by atoms with Gasteiger partial charge in [0.25, 0.3) is 5.91 Å². The van der Waals surface area contributed by atoms with Crippen molar-refractivity contribution in [1.29, 1.82) is 0 Å². The summed E-state index contributed by atoms with van der Waals surface area (Å²) < 4.78 is 5.77. The van der Waals surface area contributed by atoms with Gasteiger partial charge in [0.15, 0.2) is 11.5 Å². The van der Waals surface area contributed by atoms with Crippen molar-refractivity contribution in [3.63, 3.8) is 0 Å². The summed E-state index contributed by atoms with van der Waals surface area (Å²) in [5, 5.41) is 22.3. The molecule has 1 aromatic carbocycles.